The first kappa shape index (κ1) is 13.2. The number of para-hydroxylation sites is 1. The first-order valence-electron chi connectivity index (χ1n) is 6.61. The number of hydrogen-bond acceptors (Lipinski definition) is 3. The van der Waals surface area contributed by atoms with Gasteiger partial charge in [-0.25, -0.2) is 0 Å². The second-order valence-electron chi connectivity index (χ2n) is 4.82. The number of H-pyrrole nitrogens is 1. The minimum absolute atomic E-state index is 0.239. The van der Waals surface area contributed by atoms with Gasteiger partial charge in [0.25, 0.3) is 5.91 Å². The number of carbonyl (C=O) groups excluding carboxylic acids is 1. The van der Waals surface area contributed by atoms with Crippen molar-refractivity contribution in [1.82, 2.24) is 10.3 Å². The Morgan fingerprint density at radius 3 is 2.76 bits per heavy atom. The van der Waals surface area contributed by atoms with Crippen molar-refractivity contribution < 1.29 is 9.21 Å². The van der Waals surface area contributed by atoms with Crippen LogP contribution in [-0.4, -0.2) is 10.9 Å². The number of nitrogens with one attached hydrogen (secondary N) is 2. The Kier molecular flexibility index (Phi) is 3.31. The van der Waals surface area contributed by atoms with E-state index in [-0.39, 0.29) is 17.5 Å². The van der Waals surface area contributed by atoms with E-state index in [1.54, 1.807) is 0 Å². The number of fused-ring (bicyclic) bond motifs is 1. The molecule has 3 aromatic rings. The number of rotatable bonds is 3. The van der Waals surface area contributed by atoms with Crippen molar-refractivity contribution >= 4 is 16.9 Å². The highest BCUT2D eigenvalue weighted by atomic mass is 16.3. The first-order valence-corrected chi connectivity index (χ1v) is 6.61. The van der Waals surface area contributed by atoms with Crippen molar-refractivity contribution in [3.05, 3.63) is 70.3 Å². The highest BCUT2D eigenvalue weighted by molar-refractivity contribution is 5.94. The number of pyridine rings is 1. The van der Waals surface area contributed by atoms with Crippen LogP contribution in [0.3, 0.4) is 0 Å². The van der Waals surface area contributed by atoms with E-state index < -0.39 is 0 Å². The maximum absolute atomic E-state index is 12.1. The lowest BCUT2D eigenvalue weighted by molar-refractivity contribution is 0.0935. The first-order chi connectivity index (χ1) is 10.1. The highest BCUT2D eigenvalue weighted by Gasteiger charge is 2.15. The summed E-state index contributed by atoms with van der Waals surface area (Å²) in [5, 5.41) is 3.84. The van der Waals surface area contributed by atoms with Gasteiger partial charge < -0.3 is 14.7 Å². The summed E-state index contributed by atoms with van der Waals surface area (Å²) in [7, 11) is 0. The summed E-state index contributed by atoms with van der Waals surface area (Å²) in [6.07, 6.45) is 1.39. The molecular weight excluding hydrogens is 268 g/mol. The smallest absolute Gasteiger partial charge is 0.253 e. The highest BCUT2D eigenvalue weighted by Crippen LogP contribution is 2.23. The van der Waals surface area contributed by atoms with Crippen LogP contribution in [0.1, 0.15) is 29.1 Å². The van der Waals surface area contributed by atoms with Crippen LogP contribution < -0.4 is 10.9 Å². The van der Waals surface area contributed by atoms with Crippen LogP contribution in [0.2, 0.25) is 0 Å². The average Bonchev–Trinajstić information content (AvgIpc) is 2.92. The van der Waals surface area contributed by atoms with Gasteiger partial charge in [0, 0.05) is 17.6 Å². The lowest BCUT2D eigenvalue weighted by atomic mass is 10.2. The van der Waals surface area contributed by atoms with E-state index in [1.807, 2.05) is 37.3 Å². The molecule has 2 N–H and O–H groups in total. The van der Waals surface area contributed by atoms with Crippen LogP contribution in [0.5, 0.6) is 0 Å². The van der Waals surface area contributed by atoms with Crippen molar-refractivity contribution in [2.75, 3.05) is 0 Å². The standard InChI is InChI=1S/C16H14N2O3/c1-10(14-8-11-4-2-3-5-13(11)21-14)18-16(20)12-6-7-15(19)17-9-12/h2-10H,1H3,(H,17,19)(H,18,20)/t10-/m0/s1. The average molecular weight is 282 g/mol. The second kappa shape index (κ2) is 5.28. The molecule has 0 saturated carbocycles. The second-order valence-corrected chi connectivity index (χ2v) is 4.82. The summed E-state index contributed by atoms with van der Waals surface area (Å²) in [5.74, 6) is 0.424. The van der Waals surface area contributed by atoms with Gasteiger partial charge >= 0.3 is 0 Å². The molecule has 0 fully saturated rings. The fourth-order valence-corrected chi connectivity index (χ4v) is 2.12. The molecule has 0 spiro atoms. The molecule has 106 valence electrons. The molecule has 2 heterocycles. The summed E-state index contributed by atoms with van der Waals surface area (Å²) in [6, 6.07) is 12.1. The summed E-state index contributed by atoms with van der Waals surface area (Å²) < 4.78 is 5.71. The Morgan fingerprint density at radius 1 is 1.24 bits per heavy atom. The van der Waals surface area contributed by atoms with Gasteiger partial charge in [0.2, 0.25) is 5.56 Å². The van der Waals surface area contributed by atoms with E-state index in [0.717, 1.165) is 11.0 Å². The Morgan fingerprint density at radius 2 is 2.05 bits per heavy atom. The van der Waals surface area contributed by atoms with Crippen LogP contribution in [-0.2, 0) is 0 Å². The predicted molar refractivity (Wildman–Crippen MR) is 79.2 cm³/mol. The maximum atomic E-state index is 12.1. The molecule has 0 aliphatic rings. The van der Waals surface area contributed by atoms with Gasteiger partial charge in [0.1, 0.15) is 11.3 Å². The summed E-state index contributed by atoms with van der Waals surface area (Å²) in [5.41, 5.74) is 0.951. The van der Waals surface area contributed by atoms with E-state index in [4.69, 9.17) is 4.42 Å². The zero-order chi connectivity index (χ0) is 14.8. The fourth-order valence-electron chi connectivity index (χ4n) is 2.12. The van der Waals surface area contributed by atoms with Crippen molar-refractivity contribution in [3.8, 4) is 0 Å². The maximum Gasteiger partial charge on any atom is 0.253 e. The SMILES string of the molecule is C[C@H](NC(=O)c1ccc(=O)[nH]c1)c1cc2ccccc2o1. The molecule has 0 radical (unpaired) electrons. The monoisotopic (exact) mass is 282 g/mol. The third-order valence-corrected chi connectivity index (χ3v) is 3.27. The Hall–Kier alpha value is -2.82. The van der Waals surface area contributed by atoms with Crippen molar-refractivity contribution in [3.63, 3.8) is 0 Å². The molecule has 1 amide bonds. The Labute approximate surface area is 120 Å². The number of carbonyl (C=O) groups is 1. The molecule has 21 heavy (non-hydrogen) atoms. The van der Waals surface area contributed by atoms with Crippen LogP contribution in [0.4, 0.5) is 0 Å². The topological polar surface area (TPSA) is 75.1 Å². The lowest BCUT2D eigenvalue weighted by Crippen LogP contribution is -2.27. The van der Waals surface area contributed by atoms with E-state index in [9.17, 15) is 9.59 Å². The molecule has 0 bridgehead atoms. The van der Waals surface area contributed by atoms with Gasteiger partial charge in [-0.3, -0.25) is 9.59 Å². The minimum atomic E-state index is -0.267. The molecule has 0 saturated heterocycles. The van der Waals surface area contributed by atoms with Crippen LogP contribution in [0, 0.1) is 0 Å². The minimum Gasteiger partial charge on any atom is -0.459 e. The van der Waals surface area contributed by atoms with Crippen LogP contribution >= 0.6 is 0 Å². The number of amides is 1. The van der Waals surface area contributed by atoms with E-state index in [2.05, 4.69) is 10.3 Å². The molecule has 5 nitrogen and oxygen atoms in total. The number of benzene rings is 1. The van der Waals surface area contributed by atoms with Gasteiger partial charge in [0.15, 0.2) is 0 Å². The molecule has 2 aromatic heterocycles. The van der Waals surface area contributed by atoms with Crippen LogP contribution in [0.15, 0.2) is 57.9 Å². The molecule has 1 atom stereocenters. The van der Waals surface area contributed by atoms with E-state index in [0.29, 0.717) is 11.3 Å². The third kappa shape index (κ3) is 2.72. The molecule has 0 unspecified atom stereocenters. The normalized spacial score (nSPS) is 12.2. The van der Waals surface area contributed by atoms with E-state index in [1.165, 1.54) is 18.3 Å². The molecule has 0 aliphatic heterocycles. The zero-order valence-electron chi connectivity index (χ0n) is 11.4. The number of hydrogen-bond donors (Lipinski definition) is 2. The van der Waals surface area contributed by atoms with Gasteiger partial charge in [0.05, 0.1) is 11.6 Å². The van der Waals surface area contributed by atoms with Gasteiger partial charge in [-0.15, -0.1) is 0 Å². The molecule has 3 rings (SSSR count). The summed E-state index contributed by atoms with van der Waals surface area (Å²) in [4.78, 5) is 25.5. The largest absolute Gasteiger partial charge is 0.459 e. The fraction of sp³-hybridized carbons (Fsp3) is 0.125. The number of furan rings is 1. The van der Waals surface area contributed by atoms with Gasteiger partial charge in [-0.1, -0.05) is 18.2 Å². The summed E-state index contributed by atoms with van der Waals surface area (Å²) in [6.45, 7) is 1.85. The van der Waals surface area contributed by atoms with Crippen molar-refractivity contribution in [2.45, 2.75) is 13.0 Å². The Bertz CT molecular complexity index is 794. The molecular formula is C16H14N2O3. The number of aromatic nitrogens is 1. The third-order valence-electron chi connectivity index (χ3n) is 3.27. The van der Waals surface area contributed by atoms with Gasteiger partial charge in [-0.2, -0.15) is 0 Å². The predicted octanol–water partition coefficient (Wildman–Crippen LogP) is 2.61. The van der Waals surface area contributed by atoms with Gasteiger partial charge in [-0.05, 0) is 25.1 Å². The van der Waals surface area contributed by atoms with Crippen LogP contribution in [0.25, 0.3) is 11.0 Å². The molecule has 5 heteroatoms. The number of aromatic amines is 1. The Balaban J connectivity index is 1.79. The quantitative estimate of drug-likeness (QED) is 0.775. The zero-order valence-corrected chi connectivity index (χ0v) is 11.4. The molecule has 1 aromatic carbocycles. The lowest BCUT2D eigenvalue weighted by Gasteiger charge is -2.11. The van der Waals surface area contributed by atoms with Crippen molar-refractivity contribution in [2.24, 2.45) is 0 Å². The van der Waals surface area contributed by atoms with Crippen molar-refractivity contribution in [1.29, 1.82) is 0 Å². The molecule has 0 aliphatic carbocycles. The van der Waals surface area contributed by atoms with E-state index >= 15 is 0 Å². The summed E-state index contributed by atoms with van der Waals surface area (Å²) >= 11 is 0.